The van der Waals surface area contributed by atoms with E-state index in [1.165, 1.54) is 4.57 Å². The number of aromatic nitrogens is 4. The van der Waals surface area contributed by atoms with Crippen LogP contribution < -0.4 is 21.5 Å². The fraction of sp³-hybridized carbons (Fsp3) is 0.588. The lowest BCUT2D eigenvalue weighted by atomic mass is 10.3. The Bertz CT molecular complexity index is 904. The second-order valence-corrected chi connectivity index (χ2v) is 6.86. The first-order valence-corrected chi connectivity index (χ1v) is 8.96. The highest BCUT2D eigenvalue weighted by molar-refractivity contribution is 5.74. The molecule has 0 radical (unpaired) electrons. The summed E-state index contributed by atoms with van der Waals surface area (Å²) in [6.45, 7) is 11.9. The van der Waals surface area contributed by atoms with E-state index in [1.807, 2.05) is 6.92 Å². The van der Waals surface area contributed by atoms with E-state index in [1.54, 1.807) is 16.5 Å². The van der Waals surface area contributed by atoms with Gasteiger partial charge < -0.3 is 19.5 Å². The number of nitrogens with one attached hydrogen (secondary N) is 3. The van der Waals surface area contributed by atoms with Gasteiger partial charge in [-0.25, -0.2) is 4.79 Å². The molecule has 0 unspecified atom stereocenters. The van der Waals surface area contributed by atoms with E-state index in [4.69, 9.17) is 4.74 Å². The van der Waals surface area contributed by atoms with Crippen LogP contribution in [0, 0.1) is 0 Å². The van der Waals surface area contributed by atoms with Crippen molar-refractivity contribution in [1.29, 1.82) is 0 Å². The average Bonchev–Trinajstić information content (AvgIpc) is 2.96. The van der Waals surface area contributed by atoms with Gasteiger partial charge in [-0.2, -0.15) is 4.98 Å². The molecule has 0 bridgehead atoms. The summed E-state index contributed by atoms with van der Waals surface area (Å²) in [5, 5.41) is 3.32. The van der Waals surface area contributed by atoms with E-state index < -0.39 is 11.2 Å². The number of nitrogens with zero attached hydrogens (tertiary/aromatic N) is 3. The molecular weight excluding hydrogens is 336 g/mol. The van der Waals surface area contributed by atoms with Crippen molar-refractivity contribution in [3.63, 3.8) is 0 Å². The molecule has 0 atom stereocenters. The first-order valence-electron chi connectivity index (χ1n) is 8.96. The van der Waals surface area contributed by atoms with Crippen molar-refractivity contribution >= 4 is 17.1 Å². The van der Waals surface area contributed by atoms with Crippen LogP contribution in [-0.4, -0.2) is 58.5 Å². The Kier molecular flexibility index (Phi) is 5.58. The van der Waals surface area contributed by atoms with Gasteiger partial charge in [-0.3, -0.25) is 14.3 Å². The predicted molar refractivity (Wildman–Crippen MR) is 99.9 cm³/mol. The molecule has 0 spiro atoms. The summed E-state index contributed by atoms with van der Waals surface area (Å²) in [5.74, 6) is 0.590. The predicted octanol–water partition coefficient (Wildman–Crippen LogP) is -1.28. The van der Waals surface area contributed by atoms with E-state index in [9.17, 15) is 9.59 Å². The summed E-state index contributed by atoms with van der Waals surface area (Å²) >= 11 is 0. The van der Waals surface area contributed by atoms with Gasteiger partial charge in [-0.15, -0.1) is 0 Å². The number of hydrogen-bond donors (Lipinski definition) is 3. The number of fused-ring (bicyclic) bond motifs is 1. The zero-order chi connectivity index (χ0) is 18.7. The van der Waals surface area contributed by atoms with Crippen LogP contribution in [0.5, 0.6) is 0 Å². The number of rotatable bonds is 7. The van der Waals surface area contributed by atoms with Crippen LogP contribution in [0.15, 0.2) is 21.7 Å². The molecule has 2 aromatic rings. The van der Waals surface area contributed by atoms with E-state index in [2.05, 4.69) is 21.9 Å². The highest BCUT2D eigenvalue weighted by Gasteiger charge is 2.17. The Labute approximate surface area is 151 Å². The molecule has 142 valence electrons. The molecule has 3 heterocycles. The summed E-state index contributed by atoms with van der Waals surface area (Å²) in [7, 11) is 1.60. The molecule has 1 fully saturated rings. The second-order valence-electron chi connectivity index (χ2n) is 6.86. The number of allylic oxidation sites excluding steroid dienone is 1. The highest BCUT2D eigenvalue weighted by Crippen LogP contribution is 2.16. The topological polar surface area (TPSA) is 98.4 Å². The maximum Gasteiger partial charge on any atom is 0.329 e. The molecule has 3 N–H and O–H groups in total. The standard InChI is InChI=1S/C17H26N6O3/c1-12(2)11-23-13-14(21(3)17(25)20-15(13)24)19-16(23)18-5-4-6-22-7-9-26-10-8-22/h1,4-11H2,2-3H3,(H,18,19)(H,20,24,25)/p+1. The molecular formula is C17H27N6O3+. The van der Waals surface area contributed by atoms with Crippen LogP contribution in [0.1, 0.15) is 13.3 Å². The summed E-state index contributed by atoms with van der Waals surface area (Å²) < 4.78 is 8.52. The monoisotopic (exact) mass is 363 g/mol. The van der Waals surface area contributed by atoms with Crippen molar-refractivity contribution in [2.45, 2.75) is 19.9 Å². The van der Waals surface area contributed by atoms with Gasteiger partial charge in [0.2, 0.25) is 5.95 Å². The maximum atomic E-state index is 12.3. The lowest BCUT2D eigenvalue weighted by Gasteiger charge is -2.23. The number of aryl methyl sites for hydroxylation is 1. The van der Waals surface area contributed by atoms with Crippen molar-refractivity contribution in [2.75, 3.05) is 44.7 Å². The molecule has 0 aliphatic carbocycles. The molecule has 3 rings (SSSR count). The lowest BCUT2D eigenvalue weighted by Crippen LogP contribution is -3.14. The van der Waals surface area contributed by atoms with Gasteiger partial charge in [0.15, 0.2) is 11.2 Å². The number of anilines is 1. The molecule has 1 aliphatic rings. The van der Waals surface area contributed by atoms with Gasteiger partial charge in [-0.1, -0.05) is 12.2 Å². The van der Waals surface area contributed by atoms with Gasteiger partial charge in [0.05, 0.1) is 19.8 Å². The van der Waals surface area contributed by atoms with Crippen LogP contribution >= 0.6 is 0 Å². The molecule has 2 aromatic heterocycles. The van der Waals surface area contributed by atoms with Gasteiger partial charge in [-0.05, 0) is 6.92 Å². The SMILES string of the molecule is C=C(C)Cn1c(NCCC[NH+]2CCOCC2)nc2c1c(=O)[nH]c(=O)n2C. The van der Waals surface area contributed by atoms with Crippen molar-refractivity contribution < 1.29 is 9.64 Å². The van der Waals surface area contributed by atoms with Gasteiger partial charge in [0.1, 0.15) is 13.1 Å². The average molecular weight is 363 g/mol. The van der Waals surface area contributed by atoms with Crippen molar-refractivity contribution in [3.05, 3.63) is 33.0 Å². The summed E-state index contributed by atoms with van der Waals surface area (Å²) in [6.07, 6.45) is 0.987. The van der Waals surface area contributed by atoms with Crippen molar-refractivity contribution in [2.24, 2.45) is 7.05 Å². The fourth-order valence-electron chi connectivity index (χ4n) is 3.24. The molecule has 26 heavy (non-hydrogen) atoms. The summed E-state index contributed by atoms with van der Waals surface area (Å²) in [4.78, 5) is 32.5. The summed E-state index contributed by atoms with van der Waals surface area (Å²) in [5.41, 5.74) is 0.767. The molecule has 1 saturated heterocycles. The van der Waals surface area contributed by atoms with Crippen LogP contribution in [-0.2, 0) is 18.3 Å². The van der Waals surface area contributed by atoms with E-state index in [-0.39, 0.29) is 0 Å². The zero-order valence-corrected chi connectivity index (χ0v) is 15.4. The van der Waals surface area contributed by atoms with Gasteiger partial charge in [0, 0.05) is 26.6 Å². The number of aromatic amines is 1. The Balaban J connectivity index is 1.79. The number of H-pyrrole nitrogens is 1. The Morgan fingerprint density at radius 3 is 2.81 bits per heavy atom. The van der Waals surface area contributed by atoms with Crippen LogP contribution in [0.2, 0.25) is 0 Å². The molecule has 9 nitrogen and oxygen atoms in total. The Morgan fingerprint density at radius 1 is 1.38 bits per heavy atom. The van der Waals surface area contributed by atoms with E-state index in [0.29, 0.717) is 23.7 Å². The number of imidazole rings is 1. The van der Waals surface area contributed by atoms with E-state index in [0.717, 1.165) is 51.4 Å². The molecule has 1 aliphatic heterocycles. The molecule has 9 heteroatoms. The van der Waals surface area contributed by atoms with Crippen LogP contribution in [0.3, 0.4) is 0 Å². The number of quaternary nitrogens is 1. The first-order chi connectivity index (χ1) is 12.5. The smallest absolute Gasteiger partial charge is 0.329 e. The number of ether oxygens (including phenoxy) is 1. The van der Waals surface area contributed by atoms with Crippen LogP contribution in [0.4, 0.5) is 5.95 Å². The molecule has 0 aromatic carbocycles. The van der Waals surface area contributed by atoms with Crippen molar-refractivity contribution in [1.82, 2.24) is 19.1 Å². The number of hydrogen-bond acceptors (Lipinski definition) is 5. The number of morpholine rings is 1. The van der Waals surface area contributed by atoms with Crippen LogP contribution in [0.25, 0.3) is 11.2 Å². The largest absolute Gasteiger partial charge is 0.370 e. The first kappa shape index (κ1) is 18.4. The minimum atomic E-state index is -0.468. The van der Waals surface area contributed by atoms with E-state index >= 15 is 0 Å². The zero-order valence-electron chi connectivity index (χ0n) is 15.4. The normalized spacial score (nSPS) is 15.5. The third kappa shape index (κ3) is 3.88. The quantitative estimate of drug-likeness (QED) is 0.420. The Morgan fingerprint density at radius 2 is 2.12 bits per heavy atom. The maximum absolute atomic E-state index is 12.3. The highest BCUT2D eigenvalue weighted by atomic mass is 16.5. The fourth-order valence-corrected chi connectivity index (χ4v) is 3.24. The third-order valence-electron chi connectivity index (χ3n) is 4.63. The minimum Gasteiger partial charge on any atom is -0.370 e. The van der Waals surface area contributed by atoms with Gasteiger partial charge in [0.25, 0.3) is 5.56 Å². The lowest BCUT2D eigenvalue weighted by molar-refractivity contribution is -0.908. The Hall–Kier alpha value is -2.39. The minimum absolute atomic E-state index is 0.376. The molecule has 0 amide bonds. The van der Waals surface area contributed by atoms with Crippen molar-refractivity contribution in [3.8, 4) is 0 Å². The van der Waals surface area contributed by atoms with Gasteiger partial charge >= 0.3 is 5.69 Å². The third-order valence-corrected chi connectivity index (χ3v) is 4.63. The molecule has 0 saturated carbocycles. The second kappa shape index (κ2) is 7.88. The summed E-state index contributed by atoms with van der Waals surface area (Å²) in [6, 6.07) is 0.